The molecule has 0 radical (unpaired) electrons. The van der Waals surface area contributed by atoms with Gasteiger partial charge in [-0.2, -0.15) is 0 Å². The zero-order valence-corrected chi connectivity index (χ0v) is 23.9. The molecule has 10 heteroatoms. The van der Waals surface area contributed by atoms with E-state index in [-0.39, 0.29) is 18.4 Å². The summed E-state index contributed by atoms with van der Waals surface area (Å²) in [6, 6.07) is 15.4. The molecule has 2 aromatic heterocycles. The van der Waals surface area contributed by atoms with E-state index in [9.17, 15) is 9.59 Å². The van der Waals surface area contributed by atoms with Crippen LogP contribution in [0, 0.1) is 0 Å². The van der Waals surface area contributed by atoms with Crippen LogP contribution in [0.15, 0.2) is 53.9 Å². The molecule has 0 aliphatic carbocycles. The smallest absolute Gasteiger partial charge is 0.264 e. The first-order valence-corrected chi connectivity index (χ1v) is 14.5. The van der Waals surface area contributed by atoms with E-state index >= 15 is 0 Å². The van der Waals surface area contributed by atoms with Crippen molar-refractivity contribution in [3.05, 3.63) is 58.8 Å². The van der Waals surface area contributed by atoms with Crippen molar-refractivity contribution in [3.8, 4) is 17.0 Å². The first-order chi connectivity index (χ1) is 19.0. The molecule has 1 aliphatic rings. The second-order valence-corrected chi connectivity index (χ2v) is 10.4. The molecule has 9 nitrogen and oxygen atoms in total. The van der Waals surface area contributed by atoms with E-state index in [1.165, 1.54) is 11.3 Å². The Labute approximate surface area is 235 Å². The number of aromatic nitrogens is 2. The van der Waals surface area contributed by atoms with Gasteiger partial charge in [0.15, 0.2) is 5.82 Å². The van der Waals surface area contributed by atoms with Crippen LogP contribution >= 0.6 is 11.3 Å². The molecule has 3 heterocycles. The van der Waals surface area contributed by atoms with Crippen molar-refractivity contribution in [2.45, 2.75) is 20.3 Å². The summed E-state index contributed by atoms with van der Waals surface area (Å²) in [5, 5.41) is 10.8. The van der Waals surface area contributed by atoms with Crippen LogP contribution in [0.4, 0.5) is 5.82 Å². The predicted molar refractivity (Wildman–Crippen MR) is 155 cm³/mol. The lowest BCUT2D eigenvalue weighted by atomic mass is 10.1. The summed E-state index contributed by atoms with van der Waals surface area (Å²) < 4.78 is 5.23. The number of hydrogen-bond acceptors (Lipinski definition) is 8. The molecule has 1 aromatic carbocycles. The summed E-state index contributed by atoms with van der Waals surface area (Å²) in [7, 11) is 1.65. The fourth-order valence-electron chi connectivity index (χ4n) is 4.68. The lowest BCUT2D eigenvalue weighted by Crippen LogP contribution is -2.46. The monoisotopic (exact) mass is 550 g/mol. The van der Waals surface area contributed by atoms with Crippen LogP contribution in [-0.4, -0.2) is 103 Å². The number of methoxy groups -OCH3 is 1. The van der Waals surface area contributed by atoms with Crippen LogP contribution in [0.2, 0.25) is 0 Å². The molecular formula is C29H38N6O3S. The molecule has 39 heavy (non-hydrogen) atoms. The Balaban J connectivity index is 1.36. The van der Waals surface area contributed by atoms with Gasteiger partial charge < -0.3 is 24.3 Å². The van der Waals surface area contributed by atoms with Gasteiger partial charge in [0.05, 0.1) is 17.7 Å². The van der Waals surface area contributed by atoms with E-state index in [4.69, 9.17) is 4.74 Å². The third kappa shape index (κ3) is 7.54. The largest absolute Gasteiger partial charge is 0.497 e. The molecule has 0 saturated carbocycles. The molecule has 4 rings (SSSR count). The average molecular weight is 551 g/mol. The van der Waals surface area contributed by atoms with E-state index in [0.717, 1.165) is 55.4 Å². The van der Waals surface area contributed by atoms with Crippen molar-refractivity contribution < 1.29 is 14.3 Å². The molecule has 208 valence electrons. The average Bonchev–Trinajstić information content (AvgIpc) is 3.41. The van der Waals surface area contributed by atoms with E-state index in [1.807, 2.05) is 58.8 Å². The Hall–Kier alpha value is -3.50. The Morgan fingerprint density at radius 3 is 2.38 bits per heavy atom. The highest BCUT2D eigenvalue weighted by Crippen LogP contribution is 2.22. The highest BCUT2D eigenvalue weighted by molar-refractivity contribution is 7.12. The Bertz CT molecular complexity index is 1180. The summed E-state index contributed by atoms with van der Waals surface area (Å²) in [5.74, 6) is 1.52. The second kappa shape index (κ2) is 14.0. The fraction of sp³-hybridized carbons (Fsp3) is 0.448. The van der Waals surface area contributed by atoms with Crippen molar-refractivity contribution in [3.63, 3.8) is 0 Å². The fourth-order valence-corrected chi connectivity index (χ4v) is 5.37. The lowest BCUT2D eigenvalue weighted by molar-refractivity contribution is -0.131. The summed E-state index contributed by atoms with van der Waals surface area (Å²) in [6.45, 7) is 10.1. The van der Waals surface area contributed by atoms with Gasteiger partial charge in [0.1, 0.15) is 12.3 Å². The highest BCUT2D eigenvalue weighted by Gasteiger charge is 2.25. The number of nitrogens with zero attached hydrogens (tertiary/aromatic N) is 6. The van der Waals surface area contributed by atoms with Crippen LogP contribution in [0.1, 0.15) is 29.9 Å². The summed E-state index contributed by atoms with van der Waals surface area (Å²) in [4.78, 5) is 35.3. The number of likely N-dealkylation sites (N-methyl/N-ethyl adjacent to an activating group) is 1. The van der Waals surface area contributed by atoms with Crippen LogP contribution < -0.4 is 9.64 Å². The molecule has 0 spiro atoms. The van der Waals surface area contributed by atoms with Gasteiger partial charge in [-0.15, -0.1) is 21.5 Å². The highest BCUT2D eigenvalue weighted by atomic mass is 32.1. The molecule has 0 bridgehead atoms. The van der Waals surface area contributed by atoms with E-state index in [0.29, 0.717) is 31.1 Å². The minimum Gasteiger partial charge on any atom is -0.497 e. The zero-order chi connectivity index (χ0) is 27.6. The van der Waals surface area contributed by atoms with E-state index in [2.05, 4.69) is 33.8 Å². The Kier molecular flexibility index (Phi) is 10.3. The third-order valence-electron chi connectivity index (χ3n) is 7.13. The maximum absolute atomic E-state index is 13.4. The van der Waals surface area contributed by atoms with Crippen molar-refractivity contribution in [1.82, 2.24) is 24.9 Å². The summed E-state index contributed by atoms with van der Waals surface area (Å²) >= 11 is 1.42. The van der Waals surface area contributed by atoms with Crippen molar-refractivity contribution in [1.29, 1.82) is 0 Å². The molecule has 1 aliphatic heterocycles. The van der Waals surface area contributed by atoms with Gasteiger partial charge in [-0.1, -0.05) is 19.9 Å². The number of carbonyl (C=O) groups is 2. The number of anilines is 1. The van der Waals surface area contributed by atoms with Gasteiger partial charge in [0.25, 0.3) is 5.91 Å². The first-order valence-electron chi connectivity index (χ1n) is 13.6. The number of carbonyl (C=O) groups excluding carboxylic acids is 2. The molecule has 1 saturated heterocycles. The van der Waals surface area contributed by atoms with Gasteiger partial charge in [0.2, 0.25) is 5.91 Å². The van der Waals surface area contributed by atoms with Crippen LogP contribution in [0.3, 0.4) is 0 Å². The van der Waals surface area contributed by atoms with Gasteiger partial charge in [-0.05, 0) is 67.4 Å². The van der Waals surface area contributed by atoms with Crippen molar-refractivity contribution >= 4 is 29.0 Å². The van der Waals surface area contributed by atoms with Gasteiger partial charge in [0, 0.05) is 44.8 Å². The SMILES string of the molecule is CCN(CC)CCN(CC(=O)N1CCCN(c2ccc(-c3ccc(OC)cc3)nn2)CC1)C(=O)c1cccs1. The molecule has 3 aromatic rings. The number of benzene rings is 1. The summed E-state index contributed by atoms with van der Waals surface area (Å²) in [6.07, 6.45) is 0.825. The molecule has 0 atom stereocenters. The number of thiophene rings is 1. The lowest BCUT2D eigenvalue weighted by Gasteiger charge is -2.28. The quantitative estimate of drug-likeness (QED) is 0.360. The van der Waals surface area contributed by atoms with Gasteiger partial charge in [-0.3, -0.25) is 9.59 Å². The molecular weight excluding hydrogens is 512 g/mol. The van der Waals surface area contributed by atoms with Gasteiger partial charge >= 0.3 is 0 Å². The zero-order valence-electron chi connectivity index (χ0n) is 23.1. The van der Waals surface area contributed by atoms with Crippen molar-refractivity contribution in [2.75, 3.05) is 70.9 Å². The molecule has 0 unspecified atom stereocenters. The number of hydrogen-bond donors (Lipinski definition) is 0. The minimum absolute atomic E-state index is 0.0118. The van der Waals surface area contributed by atoms with Crippen molar-refractivity contribution in [2.24, 2.45) is 0 Å². The molecule has 1 fully saturated rings. The maximum Gasteiger partial charge on any atom is 0.264 e. The number of rotatable bonds is 11. The second-order valence-electron chi connectivity index (χ2n) is 9.46. The number of amides is 2. The summed E-state index contributed by atoms with van der Waals surface area (Å²) in [5.41, 5.74) is 1.78. The maximum atomic E-state index is 13.4. The van der Waals surface area contributed by atoms with Crippen LogP contribution in [-0.2, 0) is 4.79 Å². The Morgan fingerprint density at radius 1 is 0.949 bits per heavy atom. The number of ether oxygens (including phenoxy) is 1. The van der Waals surface area contributed by atoms with E-state index < -0.39 is 0 Å². The van der Waals surface area contributed by atoms with Crippen LogP contribution in [0.5, 0.6) is 5.75 Å². The molecule has 2 amide bonds. The third-order valence-corrected chi connectivity index (χ3v) is 7.99. The normalized spacial score (nSPS) is 13.8. The van der Waals surface area contributed by atoms with Gasteiger partial charge in [-0.25, -0.2) is 0 Å². The first kappa shape index (κ1) is 28.5. The van der Waals surface area contributed by atoms with E-state index in [1.54, 1.807) is 12.0 Å². The minimum atomic E-state index is -0.0748. The topological polar surface area (TPSA) is 82.1 Å². The Morgan fingerprint density at radius 2 is 1.74 bits per heavy atom. The van der Waals surface area contributed by atoms with Crippen LogP contribution in [0.25, 0.3) is 11.3 Å². The predicted octanol–water partition coefficient (Wildman–Crippen LogP) is 3.74. The standard InChI is InChI=1S/C29H38N6O3S/c1-4-32(5-2)17-18-35(29(37)26-8-6-21-39-26)22-28(36)34-16-7-15-33(19-20-34)27-14-13-25(30-31-27)23-9-11-24(38-3)12-10-23/h6,8-14,21H,4-5,7,15-20,22H2,1-3H3. The molecule has 0 N–H and O–H groups in total.